The van der Waals surface area contributed by atoms with Crippen molar-refractivity contribution >= 4 is 11.9 Å². The van der Waals surface area contributed by atoms with Crippen LogP contribution in [0.5, 0.6) is 0 Å². The normalized spacial score (nSPS) is 21.4. The summed E-state index contributed by atoms with van der Waals surface area (Å²) in [6, 6.07) is -0.214. The molecule has 0 saturated carbocycles. The van der Waals surface area contributed by atoms with Crippen LogP contribution in [0, 0.1) is 0 Å². The molecular weight excluding hydrogens is 196 g/mol. The summed E-state index contributed by atoms with van der Waals surface area (Å²) in [5.74, 6) is -1.13. The van der Waals surface area contributed by atoms with Gasteiger partial charge >= 0.3 is 5.97 Å². The number of carbonyl (C=O) groups is 2. The van der Waals surface area contributed by atoms with E-state index in [-0.39, 0.29) is 11.9 Å². The maximum absolute atomic E-state index is 11.9. The third kappa shape index (κ3) is 2.28. The fourth-order valence-electron chi connectivity index (χ4n) is 1.55. The number of hydrogen-bond donors (Lipinski definition) is 2. The van der Waals surface area contributed by atoms with Gasteiger partial charge in [-0.05, 0) is 33.2 Å². The molecule has 1 fully saturated rings. The molecule has 0 aliphatic carbocycles. The second-order valence-corrected chi connectivity index (χ2v) is 4.41. The molecule has 1 heterocycles. The fraction of sp³-hybridized carbons (Fsp3) is 0.800. The zero-order chi connectivity index (χ0) is 11.6. The maximum Gasteiger partial charge on any atom is 0.329 e. The number of carboxylic acids is 1. The molecule has 1 aliphatic heterocycles. The molecule has 86 valence electrons. The van der Waals surface area contributed by atoms with Crippen molar-refractivity contribution in [2.24, 2.45) is 0 Å². The number of aliphatic carboxylic acids is 1. The van der Waals surface area contributed by atoms with Crippen LogP contribution in [0.4, 0.5) is 0 Å². The van der Waals surface area contributed by atoms with Gasteiger partial charge in [-0.1, -0.05) is 0 Å². The lowest BCUT2D eigenvalue weighted by atomic mass is 10.0. The predicted molar refractivity (Wildman–Crippen MR) is 55.5 cm³/mol. The molecule has 0 bridgehead atoms. The second kappa shape index (κ2) is 4.18. The van der Waals surface area contributed by atoms with Gasteiger partial charge in [-0.3, -0.25) is 4.79 Å². The zero-order valence-corrected chi connectivity index (χ0v) is 9.41. The number of hydrogen-bond acceptors (Lipinski definition) is 3. The van der Waals surface area contributed by atoms with Crippen LogP contribution in [-0.2, 0) is 9.59 Å². The van der Waals surface area contributed by atoms with Crippen molar-refractivity contribution in [3.05, 3.63) is 0 Å². The van der Waals surface area contributed by atoms with Gasteiger partial charge in [0.1, 0.15) is 5.54 Å². The topological polar surface area (TPSA) is 69.6 Å². The van der Waals surface area contributed by atoms with E-state index >= 15 is 0 Å². The van der Waals surface area contributed by atoms with Crippen LogP contribution >= 0.6 is 0 Å². The van der Waals surface area contributed by atoms with Crippen molar-refractivity contribution in [1.82, 2.24) is 10.2 Å². The Balaban J connectivity index is 2.70. The molecule has 5 nitrogen and oxygen atoms in total. The Morgan fingerprint density at radius 2 is 2.07 bits per heavy atom. The van der Waals surface area contributed by atoms with Crippen molar-refractivity contribution in [2.75, 3.05) is 13.6 Å². The first kappa shape index (κ1) is 12.0. The lowest BCUT2D eigenvalue weighted by Gasteiger charge is -2.33. The van der Waals surface area contributed by atoms with Gasteiger partial charge in [-0.25, -0.2) is 4.79 Å². The van der Waals surface area contributed by atoms with E-state index in [2.05, 4.69) is 5.32 Å². The van der Waals surface area contributed by atoms with Crippen LogP contribution in [0.25, 0.3) is 0 Å². The highest BCUT2D eigenvalue weighted by Crippen LogP contribution is 2.16. The Morgan fingerprint density at radius 3 is 2.47 bits per heavy atom. The summed E-state index contributed by atoms with van der Waals surface area (Å²) < 4.78 is 0. The van der Waals surface area contributed by atoms with Crippen LogP contribution in [0.2, 0.25) is 0 Å². The summed E-state index contributed by atoms with van der Waals surface area (Å²) in [4.78, 5) is 24.2. The molecule has 15 heavy (non-hydrogen) atoms. The standard InChI is InChI=1S/C10H18N2O3/c1-10(2,9(14)15)12(3)8(13)7-5-4-6-11-7/h7,11H,4-6H2,1-3H3,(H,14,15). The molecule has 2 N–H and O–H groups in total. The van der Waals surface area contributed by atoms with E-state index in [1.54, 1.807) is 0 Å². The molecule has 1 rings (SSSR count). The average molecular weight is 214 g/mol. The number of carbonyl (C=O) groups excluding carboxylic acids is 1. The van der Waals surface area contributed by atoms with E-state index in [0.717, 1.165) is 19.4 Å². The summed E-state index contributed by atoms with van der Waals surface area (Å²) in [6.45, 7) is 3.89. The van der Waals surface area contributed by atoms with Crippen molar-refractivity contribution in [3.63, 3.8) is 0 Å². The van der Waals surface area contributed by atoms with Crippen LogP contribution in [-0.4, -0.2) is 47.1 Å². The molecule has 0 aromatic heterocycles. The number of rotatable bonds is 3. The van der Waals surface area contributed by atoms with Gasteiger partial charge in [0.15, 0.2) is 0 Å². The SMILES string of the molecule is CN(C(=O)C1CCCN1)C(C)(C)C(=O)O. The van der Waals surface area contributed by atoms with Crippen molar-refractivity contribution < 1.29 is 14.7 Å². The Bertz CT molecular complexity index is 270. The molecule has 0 spiro atoms. The highest BCUT2D eigenvalue weighted by atomic mass is 16.4. The van der Waals surface area contributed by atoms with E-state index in [0.29, 0.717) is 0 Å². The number of nitrogens with zero attached hydrogens (tertiary/aromatic N) is 1. The van der Waals surface area contributed by atoms with Gasteiger partial charge in [0, 0.05) is 7.05 Å². The van der Waals surface area contributed by atoms with Crippen LogP contribution < -0.4 is 5.32 Å². The number of amides is 1. The van der Waals surface area contributed by atoms with Gasteiger partial charge in [0.25, 0.3) is 0 Å². The largest absolute Gasteiger partial charge is 0.480 e. The molecule has 0 aromatic carbocycles. The third-order valence-corrected chi connectivity index (χ3v) is 3.05. The minimum atomic E-state index is -1.15. The molecule has 1 aliphatic rings. The Hall–Kier alpha value is -1.10. The number of carboxylic acid groups (broad SMARTS) is 1. The van der Waals surface area contributed by atoms with Gasteiger partial charge in [-0.2, -0.15) is 0 Å². The highest BCUT2D eigenvalue weighted by Gasteiger charge is 2.38. The maximum atomic E-state index is 11.9. The summed E-state index contributed by atoms with van der Waals surface area (Å²) >= 11 is 0. The zero-order valence-electron chi connectivity index (χ0n) is 9.41. The Kier molecular flexibility index (Phi) is 3.34. The molecular formula is C10H18N2O3. The second-order valence-electron chi connectivity index (χ2n) is 4.41. The van der Waals surface area contributed by atoms with E-state index in [4.69, 9.17) is 5.11 Å². The smallest absolute Gasteiger partial charge is 0.329 e. The van der Waals surface area contributed by atoms with Gasteiger partial charge in [-0.15, -0.1) is 0 Å². The number of likely N-dealkylation sites (N-methyl/N-ethyl adjacent to an activating group) is 1. The van der Waals surface area contributed by atoms with E-state index < -0.39 is 11.5 Å². The summed E-state index contributed by atoms with van der Waals surface area (Å²) in [6.07, 6.45) is 1.76. The highest BCUT2D eigenvalue weighted by molar-refractivity contribution is 5.89. The lowest BCUT2D eigenvalue weighted by molar-refractivity contribution is -0.156. The first-order valence-electron chi connectivity index (χ1n) is 5.12. The van der Waals surface area contributed by atoms with Crippen LogP contribution in [0.3, 0.4) is 0 Å². The molecule has 0 radical (unpaired) electrons. The predicted octanol–water partition coefficient (Wildman–Crippen LogP) is 0.0600. The Morgan fingerprint density at radius 1 is 1.47 bits per heavy atom. The first-order valence-corrected chi connectivity index (χ1v) is 5.12. The number of nitrogens with one attached hydrogen (secondary N) is 1. The van der Waals surface area contributed by atoms with E-state index in [1.807, 2.05) is 0 Å². The monoisotopic (exact) mass is 214 g/mol. The van der Waals surface area contributed by atoms with Gasteiger partial charge < -0.3 is 15.3 Å². The average Bonchev–Trinajstić information content (AvgIpc) is 2.67. The summed E-state index contributed by atoms with van der Waals surface area (Å²) in [5, 5.41) is 12.1. The third-order valence-electron chi connectivity index (χ3n) is 3.05. The van der Waals surface area contributed by atoms with Crippen molar-refractivity contribution in [1.29, 1.82) is 0 Å². The fourth-order valence-corrected chi connectivity index (χ4v) is 1.55. The molecule has 1 unspecified atom stereocenters. The van der Waals surface area contributed by atoms with Gasteiger partial charge in [0.05, 0.1) is 6.04 Å². The van der Waals surface area contributed by atoms with E-state index in [1.165, 1.54) is 25.8 Å². The minimum absolute atomic E-state index is 0.139. The molecule has 0 aromatic rings. The van der Waals surface area contributed by atoms with Gasteiger partial charge in [0.2, 0.25) is 5.91 Å². The molecule has 1 atom stereocenters. The lowest BCUT2D eigenvalue weighted by Crippen LogP contribution is -2.55. The van der Waals surface area contributed by atoms with Crippen molar-refractivity contribution in [3.8, 4) is 0 Å². The molecule has 1 amide bonds. The molecule has 5 heteroatoms. The van der Waals surface area contributed by atoms with Crippen molar-refractivity contribution in [2.45, 2.75) is 38.3 Å². The first-order chi connectivity index (χ1) is 6.87. The Labute approximate surface area is 89.4 Å². The van der Waals surface area contributed by atoms with Crippen LogP contribution in [0.15, 0.2) is 0 Å². The van der Waals surface area contributed by atoms with Crippen LogP contribution in [0.1, 0.15) is 26.7 Å². The summed E-state index contributed by atoms with van der Waals surface area (Å²) in [5.41, 5.74) is -1.15. The minimum Gasteiger partial charge on any atom is -0.480 e. The summed E-state index contributed by atoms with van der Waals surface area (Å²) in [7, 11) is 1.54. The quantitative estimate of drug-likeness (QED) is 0.697. The molecule has 1 saturated heterocycles. The van der Waals surface area contributed by atoms with E-state index in [9.17, 15) is 9.59 Å².